The fourth-order valence-electron chi connectivity index (χ4n) is 15.7. The van der Waals surface area contributed by atoms with E-state index >= 15 is 0 Å². The number of aliphatic hydroxyl groups is 9. The number of allylic oxidation sites excluding steroid dienone is 2. The molecule has 1 saturated carbocycles. The molecular formula is C91H169O25P. The second kappa shape index (κ2) is 70.5. The topological polar surface area (TPSA) is 380 Å². The number of ether oxygens (including phenoxy) is 8. The van der Waals surface area contributed by atoms with Gasteiger partial charge in [-0.25, -0.2) is 4.57 Å². The summed E-state index contributed by atoms with van der Waals surface area (Å²) < 4.78 is 73.4. The van der Waals surface area contributed by atoms with Gasteiger partial charge >= 0.3 is 31.7 Å². The molecule has 3 fully saturated rings. The van der Waals surface area contributed by atoms with Gasteiger partial charge in [-0.1, -0.05) is 348 Å². The lowest BCUT2D eigenvalue weighted by molar-refractivity contribution is -0.360. The zero-order valence-electron chi connectivity index (χ0n) is 73.3. The zero-order chi connectivity index (χ0) is 85.4. The molecule has 0 spiro atoms. The second-order valence-corrected chi connectivity index (χ2v) is 35.3. The van der Waals surface area contributed by atoms with Crippen molar-refractivity contribution in [1.82, 2.24) is 0 Å². The van der Waals surface area contributed by atoms with E-state index in [0.717, 1.165) is 128 Å². The normalized spacial score (nSPS) is 25.0. The highest BCUT2D eigenvalue weighted by molar-refractivity contribution is 7.47. The zero-order valence-corrected chi connectivity index (χ0v) is 74.2. The first kappa shape index (κ1) is 108. The van der Waals surface area contributed by atoms with Gasteiger partial charge in [0.15, 0.2) is 24.8 Å². The van der Waals surface area contributed by atoms with E-state index in [1.165, 1.54) is 199 Å². The van der Waals surface area contributed by atoms with Gasteiger partial charge < -0.3 is 88.7 Å². The largest absolute Gasteiger partial charge is 0.472 e. The van der Waals surface area contributed by atoms with E-state index in [4.69, 9.17) is 46.9 Å². The van der Waals surface area contributed by atoms with Crippen molar-refractivity contribution in [1.29, 1.82) is 0 Å². The first-order valence-corrected chi connectivity index (χ1v) is 48.9. The summed E-state index contributed by atoms with van der Waals surface area (Å²) in [4.78, 5) is 66.4. The molecule has 26 heteroatoms. The van der Waals surface area contributed by atoms with Gasteiger partial charge in [0.05, 0.1) is 13.2 Å². The summed E-state index contributed by atoms with van der Waals surface area (Å²) in [5.74, 6) is -2.97. The lowest BCUT2D eigenvalue weighted by atomic mass is 9.84. The fourth-order valence-corrected chi connectivity index (χ4v) is 16.7. The van der Waals surface area contributed by atoms with Crippen LogP contribution in [-0.2, 0) is 70.7 Å². The van der Waals surface area contributed by atoms with Crippen LogP contribution in [0.25, 0.3) is 0 Å². The minimum absolute atomic E-state index is 0.0168. The predicted octanol–water partition coefficient (Wildman–Crippen LogP) is 17.6. The molecule has 117 heavy (non-hydrogen) atoms. The standard InChI is InChI=1S/C91H169O25P/c1-5-9-13-17-21-25-29-33-36-40-44-48-52-56-60-64-75(94)108-70-73-79(98)81(100)85(104)91(112-73)115-88-86(113-77(96)66-62-58-54-50-46-42-38-35-31-27-23-19-15-11-7-3)82(101)83(102)87(114-90-84(103)80(99)78(97)72(67-92)111-90)89(88)116-117(105,106)109-69-71(68-107-74(93)63-59-55-51-47-43-39-32-28-24-20-16-12-8-4)110-76(95)65-61-57-53-49-45-41-37-34-30-26-22-18-14-10-6-2/h39,43,71-73,78-92,97-104H,5-38,40-42,44-70H2,1-4H3,(H,105,106)/b43-39-. The molecular weight excluding hydrogens is 1520 g/mol. The van der Waals surface area contributed by atoms with Crippen LogP contribution >= 0.6 is 7.82 Å². The summed E-state index contributed by atoms with van der Waals surface area (Å²) in [5.41, 5.74) is 0. The highest BCUT2D eigenvalue weighted by Crippen LogP contribution is 2.49. The second-order valence-electron chi connectivity index (χ2n) is 33.9. The molecule has 0 bridgehead atoms. The predicted molar refractivity (Wildman–Crippen MR) is 453 cm³/mol. The number of rotatable bonds is 77. The number of carbonyl (C=O) groups excluding carboxylic acids is 4. The SMILES string of the molecule is CCCCCCCC/C=C\CCCCCC(=O)OCC(COP(=O)(O)OC1C(OC2OC(CO)C(O)C(O)C2O)C(O)C(O)C(OC(=O)CCCCCCCCCCCCCCCCC)C1OC1OC(COC(=O)CCCCCCCCCCCCCCCCC)C(O)C(O)C1O)OC(=O)CCCCCCCCCCCCCCCCC. The molecule has 25 nitrogen and oxygen atoms in total. The molecule has 688 valence electrons. The van der Waals surface area contributed by atoms with Gasteiger partial charge in [0, 0.05) is 25.7 Å². The third-order valence-corrected chi connectivity index (χ3v) is 24.3. The van der Waals surface area contributed by atoms with Gasteiger partial charge in [-0.05, 0) is 51.4 Å². The molecule has 0 aromatic rings. The molecule has 0 radical (unpaired) electrons. The molecule has 2 saturated heterocycles. The lowest BCUT2D eigenvalue weighted by Crippen LogP contribution is -2.70. The van der Waals surface area contributed by atoms with Gasteiger partial charge in [-0.3, -0.25) is 28.2 Å². The molecule has 2 heterocycles. The number of esters is 4. The Kier molecular flexibility index (Phi) is 65.3. The Morgan fingerprint density at radius 1 is 0.333 bits per heavy atom. The van der Waals surface area contributed by atoms with Crippen LogP contribution in [0.3, 0.4) is 0 Å². The summed E-state index contributed by atoms with van der Waals surface area (Å²) >= 11 is 0. The number of unbranched alkanes of at least 4 members (excludes halogenated alkanes) is 51. The van der Waals surface area contributed by atoms with Crippen molar-refractivity contribution in [3.05, 3.63) is 12.2 Å². The summed E-state index contributed by atoms with van der Waals surface area (Å²) in [6.07, 6.45) is 29.1. The maximum absolute atomic E-state index is 14.9. The van der Waals surface area contributed by atoms with Gasteiger partial charge in [-0.15, -0.1) is 0 Å². The van der Waals surface area contributed by atoms with Crippen molar-refractivity contribution in [2.75, 3.05) is 26.4 Å². The van der Waals surface area contributed by atoms with E-state index in [1.54, 1.807) is 0 Å². The molecule has 3 rings (SSSR count). The fraction of sp³-hybridized carbons (Fsp3) is 0.934. The van der Waals surface area contributed by atoms with Gasteiger partial charge in [0.25, 0.3) is 0 Å². The summed E-state index contributed by atoms with van der Waals surface area (Å²) in [6.45, 7) is 5.60. The number of hydrogen-bond acceptors (Lipinski definition) is 24. The van der Waals surface area contributed by atoms with E-state index < -0.39 is 162 Å². The Hall–Kier alpha value is -2.79. The first-order valence-electron chi connectivity index (χ1n) is 47.4. The molecule has 18 atom stereocenters. The third kappa shape index (κ3) is 50.7. The number of aliphatic hydroxyl groups excluding tert-OH is 9. The summed E-state index contributed by atoms with van der Waals surface area (Å²) in [5, 5.41) is 102. The average molecular weight is 1690 g/mol. The molecule has 10 N–H and O–H groups in total. The average Bonchev–Trinajstić information content (AvgIpc) is 0.755. The van der Waals surface area contributed by atoms with E-state index in [1.807, 2.05) is 0 Å². The molecule has 2 aliphatic heterocycles. The van der Waals surface area contributed by atoms with Gasteiger partial charge in [0.1, 0.15) is 92.6 Å². The maximum atomic E-state index is 14.9. The van der Waals surface area contributed by atoms with E-state index in [0.29, 0.717) is 32.1 Å². The van der Waals surface area contributed by atoms with Crippen molar-refractivity contribution in [3.8, 4) is 0 Å². The molecule has 1 aliphatic carbocycles. The van der Waals surface area contributed by atoms with Crippen LogP contribution < -0.4 is 0 Å². The number of hydrogen-bond donors (Lipinski definition) is 10. The Bertz CT molecular complexity index is 2480. The van der Waals surface area contributed by atoms with Crippen molar-refractivity contribution in [2.45, 2.75) is 517 Å². The minimum Gasteiger partial charge on any atom is -0.463 e. The Balaban J connectivity index is 1.91. The number of phosphoric ester groups is 1. The van der Waals surface area contributed by atoms with Crippen LogP contribution in [0, 0.1) is 0 Å². The van der Waals surface area contributed by atoms with Crippen LogP contribution in [0.1, 0.15) is 413 Å². The number of phosphoric acid groups is 1. The number of carbonyl (C=O) groups is 4. The van der Waals surface area contributed by atoms with Gasteiger partial charge in [-0.2, -0.15) is 0 Å². The van der Waals surface area contributed by atoms with Crippen molar-refractivity contribution < 1.29 is 122 Å². The van der Waals surface area contributed by atoms with Crippen LogP contribution in [-0.4, -0.2) is 205 Å². The lowest BCUT2D eigenvalue weighted by Gasteiger charge is -2.50. The van der Waals surface area contributed by atoms with E-state index in [2.05, 4.69) is 39.8 Å². The Morgan fingerprint density at radius 3 is 1.03 bits per heavy atom. The highest BCUT2D eigenvalue weighted by atomic mass is 31.2. The van der Waals surface area contributed by atoms with Crippen LogP contribution in [0.4, 0.5) is 0 Å². The van der Waals surface area contributed by atoms with Crippen LogP contribution in [0.2, 0.25) is 0 Å². The van der Waals surface area contributed by atoms with Crippen LogP contribution in [0.5, 0.6) is 0 Å². The Labute approximate surface area is 705 Å². The molecule has 3 aliphatic rings. The first-order chi connectivity index (χ1) is 56.7. The summed E-state index contributed by atoms with van der Waals surface area (Å²) in [7, 11) is -5.81. The van der Waals surface area contributed by atoms with Crippen LogP contribution in [0.15, 0.2) is 12.2 Å². The monoisotopic (exact) mass is 1690 g/mol. The van der Waals surface area contributed by atoms with E-state index in [9.17, 15) is 74.6 Å². The maximum Gasteiger partial charge on any atom is 0.472 e. The molecule has 0 aromatic heterocycles. The third-order valence-electron chi connectivity index (χ3n) is 23.3. The molecule has 18 unspecified atom stereocenters. The van der Waals surface area contributed by atoms with Crippen molar-refractivity contribution in [3.63, 3.8) is 0 Å². The summed E-state index contributed by atoms with van der Waals surface area (Å²) in [6, 6.07) is 0. The quantitative estimate of drug-likeness (QED) is 0.00889. The van der Waals surface area contributed by atoms with Crippen molar-refractivity contribution in [2.24, 2.45) is 0 Å². The molecule has 0 amide bonds. The smallest absolute Gasteiger partial charge is 0.463 e. The van der Waals surface area contributed by atoms with E-state index in [-0.39, 0.29) is 25.7 Å². The Morgan fingerprint density at radius 2 is 0.641 bits per heavy atom. The van der Waals surface area contributed by atoms with Crippen molar-refractivity contribution >= 4 is 31.7 Å². The molecule has 0 aromatic carbocycles. The minimum atomic E-state index is -5.81. The highest BCUT2D eigenvalue weighted by Gasteiger charge is 2.60. The van der Waals surface area contributed by atoms with Gasteiger partial charge in [0.2, 0.25) is 0 Å².